The van der Waals surface area contributed by atoms with Crippen LogP contribution in [0.4, 0.5) is 5.69 Å². The maximum atomic E-state index is 12.1. The van der Waals surface area contributed by atoms with E-state index < -0.39 is 0 Å². The summed E-state index contributed by atoms with van der Waals surface area (Å²) in [6.07, 6.45) is 9.56. The van der Waals surface area contributed by atoms with Gasteiger partial charge in [-0.3, -0.25) is 4.79 Å². The highest BCUT2D eigenvalue weighted by molar-refractivity contribution is 6.06. The topological polar surface area (TPSA) is 52.3 Å². The first-order valence-electron chi connectivity index (χ1n) is 9.00. The normalized spacial score (nSPS) is 10.9. The van der Waals surface area contributed by atoms with E-state index in [1.807, 2.05) is 30.3 Å². The molecule has 0 atom stereocenters. The van der Waals surface area contributed by atoms with Crippen LogP contribution in [0.25, 0.3) is 6.08 Å². The number of allylic oxidation sites excluding steroid dienone is 1. The number of ketones is 1. The molecule has 0 saturated carbocycles. The molecular weight excluding hydrogens is 310 g/mol. The predicted octanol–water partition coefficient (Wildman–Crippen LogP) is 5.51. The molecule has 2 N–H and O–H groups in total. The monoisotopic (exact) mass is 337 g/mol. The number of unbranched alkanes of at least 4 members (excludes halogenated alkanes) is 4. The van der Waals surface area contributed by atoms with Crippen molar-refractivity contribution in [2.75, 3.05) is 12.3 Å². The van der Waals surface area contributed by atoms with Crippen molar-refractivity contribution in [3.05, 3.63) is 65.7 Å². The van der Waals surface area contributed by atoms with Crippen molar-refractivity contribution in [1.82, 2.24) is 0 Å². The Morgan fingerprint density at radius 3 is 2.32 bits per heavy atom. The fourth-order valence-electron chi connectivity index (χ4n) is 2.49. The Morgan fingerprint density at radius 1 is 0.960 bits per heavy atom. The van der Waals surface area contributed by atoms with Crippen LogP contribution in [0.3, 0.4) is 0 Å². The summed E-state index contributed by atoms with van der Waals surface area (Å²) in [5, 5.41) is 0. The Kier molecular flexibility index (Phi) is 7.77. The molecule has 25 heavy (non-hydrogen) atoms. The third-order valence-corrected chi connectivity index (χ3v) is 4.02. The molecule has 132 valence electrons. The zero-order valence-electron chi connectivity index (χ0n) is 14.9. The molecule has 0 spiro atoms. The predicted molar refractivity (Wildman–Crippen MR) is 105 cm³/mol. The van der Waals surface area contributed by atoms with Gasteiger partial charge in [-0.2, -0.15) is 0 Å². The van der Waals surface area contributed by atoms with Gasteiger partial charge in [0.15, 0.2) is 5.78 Å². The van der Waals surface area contributed by atoms with Crippen LogP contribution in [-0.4, -0.2) is 12.4 Å². The van der Waals surface area contributed by atoms with Gasteiger partial charge in [0.25, 0.3) is 0 Å². The summed E-state index contributed by atoms with van der Waals surface area (Å²) in [4.78, 5) is 12.1. The smallest absolute Gasteiger partial charge is 0.185 e. The van der Waals surface area contributed by atoms with E-state index in [-0.39, 0.29) is 5.78 Å². The van der Waals surface area contributed by atoms with Gasteiger partial charge in [-0.25, -0.2) is 0 Å². The fraction of sp³-hybridized carbons (Fsp3) is 0.318. The largest absolute Gasteiger partial charge is 0.494 e. The van der Waals surface area contributed by atoms with Crippen molar-refractivity contribution in [1.29, 1.82) is 0 Å². The van der Waals surface area contributed by atoms with Crippen LogP contribution in [-0.2, 0) is 0 Å². The molecule has 0 bridgehead atoms. The molecule has 0 saturated heterocycles. The van der Waals surface area contributed by atoms with E-state index in [2.05, 4.69) is 6.92 Å². The van der Waals surface area contributed by atoms with Gasteiger partial charge in [0.1, 0.15) is 5.75 Å². The lowest BCUT2D eigenvalue weighted by Gasteiger charge is -2.06. The average Bonchev–Trinajstić information content (AvgIpc) is 2.64. The van der Waals surface area contributed by atoms with Crippen LogP contribution >= 0.6 is 0 Å². The number of hydrogen-bond acceptors (Lipinski definition) is 3. The summed E-state index contributed by atoms with van der Waals surface area (Å²) in [5.74, 6) is 0.838. The number of carbonyl (C=O) groups excluding carboxylic acids is 1. The minimum absolute atomic E-state index is 0.0348. The number of carbonyl (C=O) groups is 1. The van der Waals surface area contributed by atoms with Crippen LogP contribution < -0.4 is 10.5 Å². The van der Waals surface area contributed by atoms with Crippen molar-refractivity contribution in [2.24, 2.45) is 0 Å². The molecular formula is C22H27NO2. The van der Waals surface area contributed by atoms with Crippen LogP contribution in [0, 0.1) is 0 Å². The van der Waals surface area contributed by atoms with Crippen molar-refractivity contribution in [2.45, 2.75) is 39.0 Å². The van der Waals surface area contributed by atoms with Crippen molar-refractivity contribution in [3.8, 4) is 5.75 Å². The number of ether oxygens (including phenoxy) is 1. The maximum Gasteiger partial charge on any atom is 0.185 e. The summed E-state index contributed by atoms with van der Waals surface area (Å²) < 4.78 is 5.74. The maximum absolute atomic E-state index is 12.1. The lowest BCUT2D eigenvalue weighted by molar-refractivity contribution is 0.104. The highest BCUT2D eigenvalue weighted by atomic mass is 16.5. The number of rotatable bonds is 10. The van der Waals surface area contributed by atoms with Crippen LogP contribution in [0.5, 0.6) is 5.75 Å². The SMILES string of the molecule is CCCCCCCOc1ccc(C=CC(=O)c2ccc(N)cc2)cc1. The standard InChI is InChI=1S/C22H27NO2/c1-2-3-4-5-6-17-25-21-14-7-18(8-15-21)9-16-22(24)19-10-12-20(23)13-11-19/h7-16H,2-6,17,23H2,1H3. The molecule has 0 aromatic heterocycles. The van der Waals surface area contributed by atoms with Crippen molar-refractivity contribution >= 4 is 17.5 Å². The number of nitrogens with two attached hydrogens (primary N) is 1. The fourth-order valence-corrected chi connectivity index (χ4v) is 2.49. The Bertz CT molecular complexity index is 672. The first-order valence-corrected chi connectivity index (χ1v) is 9.00. The van der Waals surface area contributed by atoms with Crippen LogP contribution in [0.1, 0.15) is 54.9 Å². The second kappa shape index (κ2) is 10.3. The van der Waals surface area contributed by atoms with E-state index in [0.717, 1.165) is 24.3 Å². The minimum Gasteiger partial charge on any atom is -0.494 e. The van der Waals surface area contributed by atoms with Gasteiger partial charge in [0.2, 0.25) is 0 Å². The molecule has 0 fully saturated rings. The molecule has 0 radical (unpaired) electrons. The molecule has 3 nitrogen and oxygen atoms in total. The van der Waals surface area contributed by atoms with Gasteiger partial charge < -0.3 is 10.5 Å². The summed E-state index contributed by atoms with van der Waals surface area (Å²) >= 11 is 0. The summed E-state index contributed by atoms with van der Waals surface area (Å²) in [6.45, 7) is 2.98. The number of anilines is 1. The molecule has 2 aromatic carbocycles. The Hall–Kier alpha value is -2.55. The summed E-state index contributed by atoms with van der Waals surface area (Å²) in [7, 11) is 0. The number of hydrogen-bond donors (Lipinski definition) is 1. The molecule has 0 aliphatic carbocycles. The van der Waals surface area contributed by atoms with E-state index in [1.54, 1.807) is 30.3 Å². The quantitative estimate of drug-likeness (QED) is 0.269. The van der Waals surface area contributed by atoms with E-state index >= 15 is 0 Å². The van der Waals surface area contributed by atoms with E-state index in [1.165, 1.54) is 25.7 Å². The van der Waals surface area contributed by atoms with Crippen LogP contribution in [0.2, 0.25) is 0 Å². The lowest BCUT2D eigenvalue weighted by atomic mass is 10.1. The molecule has 0 aliphatic rings. The molecule has 2 aromatic rings. The van der Waals surface area contributed by atoms with E-state index in [0.29, 0.717) is 11.3 Å². The molecule has 0 unspecified atom stereocenters. The van der Waals surface area contributed by atoms with Gasteiger partial charge in [-0.15, -0.1) is 0 Å². The van der Waals surface area contributed by atoms with Crippen molar-refractivity contribution < 1.29 is 9.53 Å². The Labute approximate surface area is 150 Å². The molecule has 0 aliphatic heterocycles. The molecule has 3 heteroatoms. The summed E-state index contributed by atoms with van der Waals surface area (Å²) in [6, 6.07) is 14.7. The van der Waals surface area contributed by atoms with E-state index in [9.17, 15) is 4.79 Å². The first-order chi connectivity index (χ1) is 12.2. The first kappa shape index (κ1) is 18.8. The van der Waals surface area contributed by atoms with Gasteiger partial charge in [0, 0.05) is 11.3 Å². The van der Waals surface area contributed by atoms with Crippen LogP contribution in [0.15, 0.2) is 54.6 Å². The van der Waals surface area contributed by atoms with Gasteiger partial charge in [0.05, 0.1) is 6.61 Å². The highest BCUT2D eigenvalue weighted by Crippen LogP contribution is 2.15. The molecule has 2 rings (SSSR count). The molecule has 0 amide bonds. The summed E-state index contributed by atoms with van der Waals surface area (Å²) in [5.41, 5.74) is 7.89. The van der Waals surface area contributed by atoms with Gasteiger partial charge in [-0.05, 0) is 54.5 Å². The number of nitrogen functional groups attached to an aromatic ring is 1. The average molecular weight is 337 g/mol. The zero-order chi connectivity index (χ0) is 17.9. The third kappa shape index (κ3) is 6.84. The lowest BCUT2D eigenvalue weighted by Crippen LogP contribution is -1.97. The highest BCUT2D eigenvalue weighted by Gasteiger charge is 2.01. The molecule has 0 heterocycles. The minimum atomic E-state index is -0.0348. The van der Waals surface area contributed by atoms with Crippen molar-refractivity contribution in [3.63, 3.8) is 0 Å². The zero-order valence-corrected chi connectivity index (χ0v) is 14.9. The van der Waals surface area contributed by atoms with E-state index in [4.69, 9.17) is 10.5 Å². The third-order valence-electron chi connectivity index (χ3n) is 4.02. The van der Waals surface area contributed by atoms with Gasteiger partial charge in [-0.1, -0.05) is 50.8 Å². The Morgan fingerprint density at radius 2 is 1.64 bits per heavy atom. The number of benzene rings is 2. The second-order valence-electron chi connectivity index (χ2n) is 6.15. The second-order valence-corrected chi connectivity index (χ2v) is 6.15. The Balaban J connectivity index is 1.79. The van der Waals surface area contributed by atoms with Gasteiger partial charge >= 0.3 is 0 Å².